The van der Waals surface area contributed by atoms with Crippen LogP contribution in [0, 0.1) is 6.92 Å². The van der Waals surface area contributed by atoms with Crippen molar-refractivity contribution in [2.75, 3.05) is 23.3 Å². The van der Waals surface area contributed by atoms with Gasteiger partial charge in [0, 0.05) is 6.20 Å². The summed E-state index contributed by atoms with van der Waals surface area (Å²) in [7, 11) is 0. The number of carbonyl (C=O) groups excluding carboxylic acids is 1. The van der Waals surface area contributed by atoms with Gasteiger partial charge in [-0.25, -0.2) is 4.98 Å². The second-order valence-electron chi connectivity index (χ2n) is 3.85. The molecule has 92 valence electrons. The van der Waals surface area contributed by atoms with Crippen LogP contribution < -0.4 is 10.2 Å². The molecular weight excluding hydrogens is 235 g/mol. The molecule has 0 spiro atoms. The number of amides is 1. The number of alkyl halides is 3. The zero-order valence-corrected chi connectivity index (χ0v) is 9.01. The highest BCUT2D eigenvalue weighted by molar-refractivity contribution is 6.01. The maximum absolute atomic E-state index is 12.4. The Morgan fingerprint density at radius 2 is 2.24 bits per heavy atom. The summed E-state index contributed by atoms with van der Waals surface area (Å²) < 4.78 is 37.1. The smallest absolute Gasteiger partial charge is 0.336 e. The molecule has 2 rings (SSSR count). The highest BCUT2D eigenvalue weighted by atomic mass is 19.4. The molecule has 1 aromatic rings. The van der Waals surface area contributed by atoms with Crippen LogP contribution in [0.2, 0.25) is 0 Å². The SMILES string of the molecule is Cc1ccnc2c1NC(=O)CN2CC(F)(F)F. The van der Waals surface area contributed by atoms with Crippen molar-refractivity contribution in [1.82, 2.24) is 4.98 Å². The van der Waals surface area contributed by atoms with Gasteiger partial charge in [-0.3, -0.25) is 4.79 Å². The molecule has 0 saturated heterocycles. The molecule has 7 heteroatoms. The molecule has 1 amide bonds. The standard InChI is InChI=1S/C10H10F3N3O/c1-6-2-3-14-9-8(6)15-7(17)4-16(9)5-10(11,12)13/h2-3H,4-5H2,1H3,(H,15,17). The molecule has 0 unspecified atom stereocenters. The van der Waals surface area contributed by atoms with E-state index in [1.807, 2.05) is 0 Å². The first-order valence-corrected chi connectivity index (χ1v) is 4.94. The fourth-order valence-corrected chi connectivity index (χ4v) is 1.71. The number of rotatable bonds is 1. The van der Waals surface area contributed by atoms with Crippen LogP contribution in [-0.2, 0) is 4.79 Å². The van der Waals surface area contributed by atoms with Gasteiger partial charge < -0.3 is 10.2 Å². The number of carbonyl (C=O) groups is 1. The highest BCUT2D eigenvalue weighted by Crippen LogP contribution is 2.31. The molecule has 0 aliphatic carbocycles. The van der Waals surface area contributed by atoms with E-state index in [-0.39, 0.29) is 12.4 Å². The first kappa shape index (κ1) is 11.7. The van der Waals surface area contributed by atoms with Crippen molar-refractivity contribution in [3.63, 3.8) is 0 Å². The Morgan fingerprint density at radius 1 is 1.53 bits per heavy atom. The maximum atomic E-state index is 12.4. The number of aromatic nitrogens is 1. The number of anilines is 2. The van der Waals surface area contributed by atoms with Crippen LogP contribution in [0.1, 0.15) is 5.56 Å². The van der Waals surface area contributed by atoms with Gasteiger partial charge in [-0.1, -0.05) is 0 Å². The summed E-state index contributed by atoms with van der Waals surface area (Å²) in [6, 6.07) is 1.64. The van der Waals surface area contributed by atoms with E-state index in [0.717, 1.165) is 4.90 Å². The number of hydrogen-bond acceptors (Lipinski definition) is 3. The fraction of sp³-hybridized carbons (Fsp3) is 0.400. The monoisotopic (exact) mass is 245 g/mol. The van der Waals surface area contributed by atoms with Crippen molar-refractivity contribution >= 4 is 17.4 Å². The van der Waals surface area contributed by atoms with Crippen molar-refractivity contribution < 1.29 is 18.0 Å². The maximum Gasteiger partial charge on any atom is 0.405 e. The van der Waals surface area contributed by atoms with Gasteiger partial charge >= 0.3 is 6.18 Å². The van der Waals surface area contributed by atoms with E-state index >= 15 is 0 Å². The van der Waals surface area contributed by atoms with Crippen LogP contribution in [0.5, 0.6) is 0 Å². The summed E-state index contributed by atoms with van der Waals surface area (Å²) in [5, 5.41) is 2.53. The first-order chi connectivity index (χ1) is 7.87. The number of nitrogens with zero attached hydrogens (tertiary/aromatic N) is 2. The predicted molar refractivity (Wildman–Crippen MR) is 55.9 cm³/mol. The van der Waals surface area contributed by atoms with E-state index in [0.29, 0.717) is 11.3 Å². The third kappa shape index (κ3) is 2.48. The number of fused-ring (bicyclic) bond motifs is 1. The molecule has 4 nitrogen and oxygen atoms in total. The van der Waals surface area contributed by atoms with Gasteiger partial charge in [0.25, 0.3) is 0 Å². The summed E-state index contributed by atoms with van der Waals surface area (Å²) >= 11 is 0. The minimum atomic E-state index is -4.36. The van der Waals surface area contributed by atoms with E-state index in [4.69, 9.17) is 0 Å². The summed E-state index contributed by atoms with van der Waals surface area (Å²) in [5.74, 6) is -0.292. The van der Waals surface area contributed by atoms with Gasteiger partial charge in [0.1, 0.15) is 6.54 Å². The van der Waals surface area contributed by atoms with Crippen LogP contribution in [0.25, 0.3) is 0 Å². The lowest BCUT2D eigenvalue weighted by Gasteiger charge is -2.30. The molecule has 2 heterocycles. The lowest BCUT2D eigenvalue weighted by atomic mass is 10.2. The Balaban J connectivity index is 2.38. The van der Waals surface area contributed by atoms with E-state index < -0.39 is 18.6 Å². The van der Waals surface area contributed by atoms with E-state index in [9.17, 15) is 18.0 Å². The zero-order valence-electron chi connectivity index (χ0n) is 9.01. The van der Waals surface area contributed by atoms with Gasteiger partial charge in [0.15, 0.2) is 5.82 Å². The number of halogens is 3. The quantitative estimate of drug-likeness (QED) is 0.819. The lowest BCUT2D eigenvalue weighted by Crippen LogP contribution is -2.44. The Bertz CT molecular complexity index is 459. The summed E-state index contributed by atoms with van der Waals surface area (Å²) in [6.45, 7) is 0.199. The van der Waals surface area contributed by atoms with E-state index in [2.05, 4.69) is 10.3 Å². The van der Waals surface area contributed by atoms with Crippen LogP contribution in [0.4, 0.5) is 24.7 Å². The van der Waals surface area contributed by atoms with Crippen LogP contribution >= 0.6 is 0 Å². The summed E-state index contributed by atoms with van der Waals surface area (Å²) in [4.78, 5) is 16.1. The van der Waals surface area contributed by atoms with Crippen LogP contribution in [0.15, 0.2) is 12.3 Å². The molecule has 0 fully saturated rings. The predicted octanol–water partition coefficient (Wildman–Crippen LogP) is 1.71. The Morgan fingerprint density at radius 3 is 2.88 bits per heavy atom. The number of aryl methyl sites for hydroxylation is 1. The first-order valence-electron chi connectivity index (χ1n) is 4.94. The molecule has 17 heavy (non-hydrogen) atoms. The molecule has 1 aliphatic heterocycles. The van der Waals surface area contributed by atoms with Gasteiger partial charge in [0.05, 0.1) is 12.2 Å². The van der Waals surface area contributed by atoms with Crippen molar-refractivity contribution in [3.8, 4) is 0 Å². The van der Waals surface area contributed by atoms with Gasteiger partial charge in [-0.15, -0.1) is 0 Å². The number of hydrogen-bond donors (Lipinski definition) is 1. The second-order valence-corrected chi connectivity index (χ2v) is 3.85. The lowest BCUT2D eigenvalue weighted by molar-refractivity contribution is -0.122. The van der Waals surface area contributed by atoms with Gasteiger partial charge in [0.2, 0.25) is 5.91 Å². The molecular formula is C10H10F3N3O. The Labute approximate surface area is 95.4 Å². The van der Waals surface area contributed by atoms with E-state index in [1.165, 1.54) is 6.20 Å². The molecule has 0 atom stereocenters. The number of nitrogens with one attached hydrogen (secondary N) is 1. The topological polar surface area (TPSA) is 45.2 Å². The summed E-state index contributed by atoms with van der Waals surface area (Å²) in [5.41, 5.74) is 1.04. The molecule has 0 radical (unpaired) electrons. The van der Waals surface area contributed by atoms with Crippen LogP contribution in [0.3, 0.4) is 0 Å². The minimum absolute atomic E-state index is 0.168. The molecule has 0 saturated carbocycles. The minimum Gasteiger partial charge on any atom is -0.336 e. The van der Waals surface area contributed by atoms with Crippen molar-refractivity contribution in [2.24, 2.45) is 0 Å². The average molecular weight is 245 g/mol. The Kier molecular flexibility index (Phi) is 2.68. The van der Waals surface area contributed by atoms with Gasteiger partial charge in [-0.2, -0.15) is 13.2 Å². The molecule has 1 N–H and O–H groups in total. The fourth-order valence-electron chi connectivity index (χ4n) is 1.71. The normalized spacial score (nSPS) is 15.5. The van der Waals surface area contributed by atoms with Crippen LogP contribution in [-0.4, -0.2) is 30.2 Å². The van der Waals surface area contributed by atoms with Gasteiger partial charge in [-0.05, 0) is 18.6 Å². The molecule has 1 aliphatic rings. The third-order valence-electron chi connectivity index (χ3n) is 2.41. The second kappa shape index (κ2) is 3.90. The number of pyridine rings is 1. The largest absolute Gasteiger partial charge is 0.405 e. The Hall–Kier alpha value is -1.79. The van der Waals surface area contributed by atoms with Crippen molar-refractivity contribution in [1.29, 1.82) is 0 Å². The molecule has 0 bridgehead atoms. The molecule has 1 aromatic heterocycles. The third-order valence-corrected chi connectivity index (χ3v) is 2.41. The van der Waals surface area contributed by atoms with Crippen molar-refractivity contribution in [2.45, 2.75) is 13.1 Å². The zero-order chi connectivity index (χ0) is 12.6. The average Bonchev–Trinajstić information content (AvgIpc) is 2.17. The van der Waals surface area contributed by atoms with Crippen molar-refractivity contribution in [3.05, 3.63) is 17.8 Å². The summed E-state index contributed by atoms with van der Waals surface area (Å²) in [6.07, 6.45) is -2.94. The highest BCUT2D eigenvalue weighted by Gasteiger charge is 2.35. The van der Waals surface area contributed by atoms with E-state index in [1.54, 1.807) is 13.0 Å². The molecule has 0 aromatic carbocycles.